The molecule has 0 spiro atoms. The molecule has 0 fully saturated rings. The minimum atomic E-state index is -1.32. The zero-order valence-electron chi connectivity index (χ0n) is 10.4. The molecule has 19 heavy (non-hydrogen) atoms. The first-order valence-corrected chi connectivity index (χ1v) is 6.98. The van der Waals surface area contributed by atoms with Gasteiger partial charge in [-0.1, -0.05) is 12.1 Å². The number of hydrogen-bond donors (Lipinski definition) is 1. The van der Waals surface area contributed by atoms with Crippen LogP contribution in [0.15, 0.2) is 47.4 Å². The number of anilines is 1. The van der Waals surface area contributed by atoms with Crippen molar-refractivity contribution >= 4 is 16.5 Å². The topological polar surface area (TPSA) is 52.3 Å². The molecule has 0 heterocycles. The number of halogens is 1. The van der Waals surface area contributed by atoms with Gasteiger partial charge < -0.3 is 10.5 Å². The van der Waals surface area contributed by atoms with Crippen LogP contribution in [0.3, 0.4) is 0 Å². The molecule has 100 valence electrons. The fraction of sp³-hybridized carbons (Fsp3) is 0.143. The van der Waals surface area contributed by atoms with Gasteiger partial charge in [0.1, 0.15) is 11.6 Å². The lowest BCUT2D eigenvalue weighted by Crippen LogP contribution is -2.00. The highest BCUT2D eigenvalue weighted by Gasteiger charge is 2.10. The highest BCUT2D eigenvalue weighted by molar-refractivity contribution is 7.84. The lowest BCUT2D eigenvalue weighted by atomic mass is 10.2. The van der Waals surface area contributed by atoms with Gasteiger partial charge in [-0.25, -0.2) is 4.39 Å². The van der Waals surface area contributed by atoms with Crippen LogP contribution in [0.1, 0.15) is 5.56 Å². The molecule has 0 aliphatic rings. The van der Waals surface area contributed by atoms with Crippen LogP contribution in [0.4, 0.5) is 10.1 Å². The Kier molecular flexibility index (Phi) is 4.16. The van der Waals surface area contributed by atoms with Crippen LogP contribution < -0.4 is 10.5 Å². The molecule has 0 bridgehead atoms. The van der Waals surface area contributed by atoms with Crippen LogP contribution >= 0.6 is 0 Å². The van der Waals surface area contributed by atoms with Gasteiger partial charge in [-0.15, -0.1) is 0 Å². The summed E-state index contributed by atoms with van der Waals surface area (Å²) < 4.78 is 30.5. The van der Waals surface area contributed by atoms with E-state index in [1.165, 1.54) is 19.2 Å². The van der Waals surface area contributed by atoms with E-state index in [0.717, 1.165) is 5.56 Å². The monoisotopic (exact) mass is 279 g/mol. The van der Waals surface area contributed by atoms with E-state index in [0.29, 0.717) is 16.3 Å². The van der Waals surface area contributed by atoms with E-state index in [4.69, 9.17) is 10.5 Å². The van der Waals surface area contributed by atoms with Crippen molar-refractivity contribution in [1.29, 1.82) is 0 Å². The minimum absolute atomic E-state index is 0.257. The van der Waals surface area contributed by atoms with Crippen LogP contribution in [-0.2, 0) is 16.6 Å². The van der Waals surface area contributed by atoms with Crippen LogP contribution in [0.5, 0.6) is 5.75 Å². The third kappa shape index (κ3) is 3.32. The standard InChI is InChI=1S/C14H14FNO2S/c1-18-14-8-12(16)6-5-10(14)9-19(17)13-4-2-3-11(15)7-13/h2-8H,9,16H2,1H3. The molecule has 0 saturated carbocycles. The van der Waals surface area contributed by atoms with Gasteiger partial charge in [-0.05, 0) is 24.3 Å². The molecular formula is C14H14FNO2S. The maximum absolute atomic E-state index is 13.1. The van der Waals surface area contributed by atoms with Gasteiger partial charge in [0.2, 0.25) is 0 Å². The molecule has 0 aliphatic heterocycles. The van der Waals surface area contributed by atoms with Crippen molar-refractivity contribution in [2.75, 3.05) is 12.8 Å². The molecule has 3 nitrogen and oxygen atoms in total. The summed E-state index contributed by atoms with van der Waals surface area (Å²) in [4.78, 5) is 0.457. The maximum atomic E-state index is 13.1. The highest BCUT2D eigenvalue weighted by atomic mass is 32.2. The second-order valence-corrected chi connectivity index (χ2v) is 5.47. The van der Waals surface area contributed by atoms with Crippen molar-refractivity contribution in [2.45, 2.75) is 10.6 Å². The number of methoxy groups -OCH3 is 1. The Hall–Kier alpha value is -1.88. The van der Waals surface area contributed by atoms with Gasteiger partial charge in [0.25, 0.3) is 0 Å². The van der Waals surface area contributed by atoms with Gasteiger partial charge in [-0.3, -0.25) is 4.21 Å². The first kappa shape index (κ1) is 13.5. The Morgan fingerprint density at radius 2 is 2.05 bits per heavy atom. The number of rotatable bonds is 4. The summed E-state index contributed by atoms with van der Waals surface area (Å²) in [6.45, 7) is 0. The molecule has 0 radical (unpaired) electrons. The minimum Gasteiger partial charge on any atom is -0.496 e. The number of hydrogen-bond acceptors (Lipinski definition) is 3. The van der Waals surface area contributed by atoms with Gasteiger partial charge in [0.15, 0.2) is 0 Å². The Morgan fingerprint density at radius 1 is 1.26 bits per heavy atom. The predicted octanol–water partition coefficient (Wildman–Crippen LogP) is 2.72. The average molecular weight is 279 g/mol. The zero-order valence-corrected chi connectivity index (χ0v) is 11.2. The fourth-order valence-corrected chi connectivity index (χ4v) is 2.88. The van der Waals surface area contributed by atoms with E-state index < -0.39 is 16.6 Å². The van der Waals surface area contributed by atoms with Crippen LogP contribution in [-0.4, -0.2) is 11.3 Å². The second-order valence-electron chi connectivity index (χ2n) is 4.02. The van der Waals surface area contributed by atoms with E-state index >= 15 is 0 Å². The molecule has 5 heteroatoms. The van der Waals surface area contributed by atoms with Gasteiger partial charge >= 0.3 is 0 Å². The van der Waals surface area contributed by atoms with Crippen LogP contribution in [0.2, 0.25) is 0 Å². The molecule has 0 amide bonds. The predicted molar refractivity (Wildman–Crippen MR) is 73.9 cm³/mol. The van der Waals surface area contributed by atoms with Gasteiger partial charge in [0, 0.05) is 22.2 Å². The number of benzene rings is 2. The Bertz CT molecular complexity index is 616. The van der Waals surface area contributed by atoms with Crippen molar-refractivity contribution in [3.63, 3.8) is 0 Å². The molecular weight excluding hydrogens is 265 g/mol. The molecule has 1 atom stereocenters. The van der Waals surface area contributed by atoms with Crippen molar-refractivity contribution < 1.29 is 13.3 Å². The lowest BCUT2D eigenvalue weighted by Gasteiger charge is -2.09. The highest BCUT2D eigenvalue weighted by Crippen LogP contribution is 2.24. The molecule has 0 aliphatic carbocycles. The van der Waals surface area contributed by atoms with Crippen molar-refractivity contribution in [3.8, 4) is 5.75 Å². The normalized spacial score (nSPS) is 12.1. The smallest absolute Gasteiger partial charge is 0.125 e. The summed E-state index contributed by atoms with van der Waals surface area (Å²) >= 11 is 0. The fourth-order valence-electron chi connectivity index (χ4n) is 1.71. The summed E-state index contributed by atoms with van der Waals surface area (Å²) in [6.07, 6.45) is 0. The summed E-state index contributed by atoms with van der Waals surface area (Å²) in [5.74, 6) is 0.451. The second kappa shape index (κ2) is 5.84. The summed E-state index contributed by atoms with van der Waals surface area (Å²) in [5.41, 5.74) is 7.02. The van der Waals surface area contributed by atoms with Crippen molar-refractivity contribution in [3.05, 3.63) is 53.8 Å². The molecule has 2 aromatic carbocycles. The Morgan fingerprint density at radius 3 is 2.74 bits per heavy atom. The summed E-state index contributed by atoms with van der Waals surface area (Å²) in [5, 5.41) is 0. The van der Waals surface area contributed by atoms with E-state index in [9.17, 15) is 8.60 Å². The van der Waals surface area contributed by atoms with Crippen molar-refractivity contribution in [2.24, 2.45) is 0 Å². The summed E-state index contributed by atoms with van der Waals surface area (Å²) in [6, 6.07) is 11.0. The maximum Gasteiger partial charge on any atom is 0.125 e. The Labute approximate surface area is 113 Å². The van der Waals surface area contributed by atoms with Gasteiger partial charge in [-0.2, -0.15) is 0 Å². The van der Waals surface area contributed by atoms with E-state index in [2.05, 4.69) is 0 Å². The molecule has 1 unspecified atom stereocenters. The first-order valence-electron chi connectivity index (χ1n) is 5.66. The lowest BCUT2D eigenvalue weighted by molar-refractivity contribution is 0.411. The number of nitrogen functional groups attached to an aromatic ring is 1. The van der Waals surface area contributed by atoms with Crippen LogP contribution in [0.25, 0.3) is 0 Å². The summed E-state index contributed by atoms with van der Waals surface area (Å²) in [7, 11) is 0.207. The number of nitrogens with two attached hydrogens (primary N) is 1. The Balaban J connectivity index is 2.24. The molecule has 0 aromatic heterocycles. The molecule has 2 N–H and O–H groups in total. The quantitative estimate of drug-likeness (QED) is 0.875. The molecule has 2 aromatic rings. The van der Waals surface area contributed by atoms with Gasteiger partial charge in [0.05, 0.1) is 23.7 Å². The van der Waals surface area contributed by atoms with E-state index in [-0.39, 0.29) is 5.75 Å². The molecule has 0 saturated heterocycles. The third-order valence-corrected chi connectivity index (χ3v) is 4.01. The number of ether oxygens (including phenoxy) is 1. The molecule has 2 rings (SSSR count). The van der Waals surface area contributed by atoms with Crippen LogP contribution in [0, 0.1) is 5.82 Å². The SMILES string of the molecule is COc1cc(N)ccc1CS(=O)c1cccc(F)c1. The van der Waals surface area contributed by atoms with Crippen molar-refractivity contribution in [1.82, 2.24) is 0 Å². The largest absolute Gasteiger partial charge is 0.496 e. The zero-order chi connectivity index (χ0) is 13.8. The first-order chi connectivity index (χ1) is 9.10. The third-order valence-electron chi connectivity index (χ3n) is 2.66. The average Bonchev–Trinajstić information content (AvgIpc) is 2.40. The van der Waals surface area contributed by atoms with E-state index in [1.54, 1.807) is 30.3 Å². The van der Waals surface area contributed by atoms with E-state index in [1.807, 2.05) is 0 Å².